The fourth-order valence-electron chi connectivity index (χ4n) is 0.606. The fraction of sp³-hybridized carbons (Fsp3) is 0.714. The van der Waals surface area contributed by atoms with Crippen LogP contribution in [0, 0.1) is 0 Å². The summed E-state index contributed by atoms with van der Waals surface area (Å²) in [6.45, 7) is 1.50. The number of nitrogens with two attached hydrogens (primary N) is 1. The number of carbonyl (C=O) groups is 2. The van der Waals surface area contributed by atoms with Crippen LogP contribution in [0.4, 0.5) is 13.2 Å². The topological polar surface area (TPSA) is 92.4 Å². The van der Waals surface area contributed by atoms with E-state index in [0.717, 1.165) is 6.92 Å². The number of hydrogen-bond acceptors (Lipinski definition) is 3. The lowest BCUT2D eigenvalue weighted by atomic mass is 10.0. The summed E-state index contributed by atoms with van der Waals surface area (Å²) < 4.78 is 37.0. The van der Waals surface area contributed by atoms with Crippen molar-refractivity contribution >= 4 is 11.9 Å². The first-order chi connectivity index (χ1) is 6.52. The molecule has 4 N–H and O–H groups in total. The SMILES string of the molecule is C[C@@H](N)C(=O)NC(C)(C(=O)O)C(F)(F)F. The van der Waals surface area contributed by atoms with Gasteiger partial charge in [0.2, 0.25) is 11.4 Å². The Labute approximate surface area is 83.4 Å². The van der Waals surface area contributed by atoms with Gasteiger partial charge in [-0.25, -0.2) is 4.79 Å². The predicted molar refractivity (Wildman–Crippen MR) is 43.9 cm³/mol. The molecule has 2 atom stereocenters. The van der Waals surface area contributed by atoms with Crippen LogP contribution in [0.5, 0.6) is 0 Å². The number of alkyl halides is 3. The molecule has 0 fully saturated rings. The van der Waals surface area contributed by atoms with Crippen molar-refractivity contribution in [3.05, 3.63) is 0 Å². The van der Waals surface area contributed by atoms with Gasteiger partial charge in [0, 0.05) is 0 Å². The molecule has 0 aromatic heterocycles. The standard InChI is InChI=1S/C7H11F3N2O3/c1-3(11)4(13)12-6(2,5(14)15)7(8,9)10/h3H,11H2,1-2H3,(H,12,13)(H,14,15)/t3-,6?/m1/s1. The van der Waals surface area contributed by atoms with E-state index in [2.05, 4.69) is 0 Å². The summed E-state index contributed by atoms with van der Waals surface area (Å²) >= 11 is 0. The van der Waals surface area contributed by atoms with Gasteiger partial charge in [-0.05, 0) is 13.8 Å². The predicted octanol–water partition coefficient (Wildman–Crippen LogP) is -0.145. The number of hydrogen-bond donors (Lipinski definition) is 3. The van der Waals surface area contributed by atoms with Crippen molar-refractivity contribution in [3.8, 4) is 0 Å². The minimum Gasteiger partial charge on any atom is -0.479 e. The highest BCUT2D eigenvalue weighted by Gasteiger charge is 2.58. The van der Waals surface area contributed by atoms with E-state index in [9.17, 15) is 22.8 Å². The largest absolute Gasteiger partial charge is 0.479 e. The lowest BCUT2D eigenvalue weighted by Gasteiger charge is -2.29. The van der Waals surface area contributed by atoms with Crippen molar-refractivity contribution in [3.63, 3.8) is 0 Å². The quantitative estimate of drug-likeness (QED) is 0.626. The molecular formula is C7H11F3N2O3. The zero-order valence-electron chi connectivity index (χ0n) is 8.05. The van der Waals surface area contributed by atoms with Gasteiger partial charge in [0.25, 0.3) is 0 Å². The van der Waals surface area contributed by atoms with E-state index in [1.54, 1.807) is 0 Å². The maximum Gasteiger partial charge on any atom is 0.422 e. The Hall–Kier alpha value is -1.31. The van der Waals surface area contributed by atoms with Crippen molar-refractivity contribution in [1.29, 1.82) is 0 Å². The zero-order chi connectivity index (χ0) is 12.4. The van der Waals surface area contributed by atoms with Gasteiger partial charge >= 0.3 is 12.1 Å². The summed E-state index contributed by atoms with van der Waals surface area (Å²) in [4.78, 5) is 21.4. The average molecular weight is 228 g/mol. The molecule has 0 heterocycles. The molecule has 8 heteroatoms. The molecule has 0 saturated heterocycles. The highest BCUT2D eigenvalue weighted by molar-refractivity contribution is 5.89. The summed E-state index contributed by atoms with van der Waals surface area (Å²) in [6, 6.07) is -1.22. The minimum absolute atomic E-state index is 0.357. The van der Waals surface area contributed by atoms with Crippen LogP contribution in [0.2, 0.25) is 0 Å². The van der Waals surface area contributed by atoms with Gasteiger partial charge in [-0.3, -0.25) is 4.79 Å². The fourth-order valence-corrected chi connectivity index (χ4v) is 0.606. The number of carboxylic acids is 1. The van der Waals surface area contributed by atoms with Crippen LogP contribution in [-0.4, -0.2) is 34.7 Å². The maximum absolute atomic E-state index is 12.3. The van der Waals surface area contributed by atoms with E-state index >= 15 is 0 Å². The van der Waals surface area contributed by atoms with E-state index in [0.29, 0.717) is 6.92 Å². The Morgan fingerprint density at radius 3 is 2.00 bits per heavy atom. The first-order valence-electron chi connectivity index (χ1n) is 3.90. The summed E-state index contributed by atoms with van der Waals surface area (Å²) in [6.07, 6.45) is -5.09. The van der Waals surface area contributed by atoms with Crippen LogP contribution in [0.15, 0.2) is 0 Å². The second-order valence-corrected chi connectivity index (χ2v) is 3.21. The number of rotatable bonds is 3. The number of carbonyl (C=O) groups excluding carboxylic acids is 1. The molecule has 0 aliphatic heterocycles. The van der Waals surface area contributed by atoms with E-state index in [1.165, 1.54) is 5.32 Å². The summed E-state index contributed by atoms with van der Waals surface area (Å²) in [7, 11) is 0. The van der Waals surface area contributed by atoms with Crippen molar-refractivity contribution in [2.45, 2.75) is 31.6 Å². The molecule has 0 radical (unpaired) electrons. The van der Waals surface area contributed by atoms with Gasteiger partial charge in [0.1, 0.15) is 0 Å². The number of halogens is 3. The molecule has 0 saturated carbocycles. The Kier molecular flexibility index (Phi) is 3.70. The number of amides is 1. The normalized spacial score (nSPS) is 17.7. The smallest absolute Gasteiger partial charge is 0.422 e. The molecular weight excluding hydrogens is 217 g/mol. The summed E-state index contributed by atoms with van der Waals surface area (Å²) in [5.74, 6) is -3.37. The van der Waals surface area contributed by atoms with Crippen LogP contribution < -0.4 is 11.1 Å². The highest BCUT2D eigenvalue weighted by Crippen LogP contribution is 2.30. The van der Waals surface area contributed by atoms with E-state index in [4.69, 9.17) is 10.8 Å². The molecule has 0 aliphatic rings. The van der Waals surface area contributed by atoms with Gasteiger partial charge < -0.3 is 16.2 Å². The van der Waals surface area contributed by atoms with Gasteiger partial charge in [-0.2, -0.15) is 13.2 Å². The molecule has 0 aromatic rings. The number of carboxylic acid groups (broad SMARTS) is 1. The molecule has 1 unspecified atom stereocenters. The molecule has 0 spiro atoms. The first-order valence-corrected chi connectivity index (χ1v) is 3.90. The Balaban J connectivity index is 5.01. The summed E-state index contributed by atoms with van der Waals surface area (Å²) in [5, 5.41) is 9.77. The second-order valence-electron chi connectivity index (χ2n) is 3.21. The Morgan fingerprint density at radius 2 is 1.80 bits per heavy atom. The molecule has 5 nitrogen and oxygen atoms in total. The highest BCUT2D eigenvalue weighted by atomic mass is 19.4. The first kappa shape index (κ1) is 13.7. The summed E-state index contributed by atoms with van der Waals surface area (Å²) in [5.41, 5.74) is 1.69. The van der Waals surface area contributed by atoms with Crippen molar-refractivity contribution in [2.24, 2.45) is 5.73 Å². The van der Waals surface area contributed by atoms with Crippen molar-refractivity contribution in [2.75, 3.05) is 0 Å². The Morgan fingerprint density at radius 1 is 1.40 bits per heavy atom. The van der Waals surface area contributed by atoms with Gasteiger partial charge in [-0.15, -0.1) is 0 Å². The molecule has 1 amide bonds. The number of aliphatic carboxylic acids is 1. The molecule has 0 aromatic carbocycles. The Bertz CT molecular complexity index is 277. The average Bonchev–Trinajstić information content (AvgIpc) is 2.01. The molecule has 0 rings (SSSR count). The second kappa shape index (κ2) is 4.05. The molecule has 88 valence electrons. The van der Waals surface area contributed by atoms with Crippen LogP contribution in [0.3, 0.4) is 0 Å². The van der Waals surface area contributed by atoms with Gasteiger partial charge in [0.05, 0.1) is 6.04 Å². The third-order valence-electron chi connectivity index (χ3n) is 1.78. The number of nitrogens with one attached hydrogen (secondary N) is 1. The van der Waals surface area contributed by atoms with Crippen LogP contribution in [-0.2, 0) is 9.59 Å². The van der Waals surface area contributed by atoms with Gasteiger partial charge in [0.15, 0.2) is 0 Å². The van der Waals surface area contributed by atoms with E-state index in [1.807, 2.05) is 0 Å². The molecule has 0 bridgehead atoms. The van der Waals surface area contributed by atoms with Crippen molar-refractivity contribution < 1.29 is 27.9 Å². The third-order valence-corrected chi connectivity index (χ3v) is 1.78. The van der Waals surface area contributed by atoms with Crippen molar-refractivity contribution in [1.82, 2.24) is 5.32 Å². The maximum atomic E-state index is 12.3. The molecule has 0 aliphatic carbocycles. The third kappa shape index (κ3) is 2.82. The van der Waals surface area contributed by atoms with E-state index in [-0.39, 0.29) is 0 Å². The van der Waals surface area contributed by atoms with Crippen LogP contribution in [0.25, 0.3) is 0 Å². The van der Waals surface area contributed by atoms with Crippen LogP contribution >= 0.6 is 0 Å². The lowest BCUT2D eigenvalue weighted by Crippen LogP contribution is -2.63. The minimum atomic E-state index is -5.09. The monoisotopic (exact) mass is 228 g/mol. The zero-order valence-corrected chi connectivity index (χ0v) is 8.05. The van der Waals surface area contributed by atoms with Gasteiger partial charge in [-0.1, -0.05) is 0 Å². The van der Waals surface area contributed by atoms with E-state index < -0.39 is 29.6 Å². The lowest BCUT2D eigenvalue weighted by molar-refractivity contribution is -0.207. The van der Waals surface area contributed by atoms with Crippen LogP contribution in [0.1, 0.15) is 13.8 Å². The molecule has 15 heavy (non-hydrogen) atoms.